The zero-order chi connectivity index (χ0) is 24.7. The molecule has 11 heteroatoms. The van der Waals surface area contributed by atoms with Crippen molar-refractivity contribution in [2.75, 3.05) is 10.6 Å². The molecule has 0 bridgehead atoms. The number of hydrogen-bond acceptors (Lipinski definition) is 3. The average Bonchev–Trinajstić information content (AvgIpc) is 3.25. The third kappa shape index (κ3) is 4.43. The van der Waals surface area contributed by atoms with E-state index < -0.39 is 17.8 Å². The number of rotatable bonds is 3. The Bertz CT molecular complexity index is 1610. The van der Waals surface area contributed by atoms with Gasteiger partial charge in [0.25, 0.3) is 5.56 Å². The summed E-state index contributed by atoms with van der Waals surface area (Å²) in [6.45, 7) is 0. The number of hydrogen-bond donors (Lipinski definition) is 4. The van der Waals surface area contributed by atoms with Crippen molar-refractivity contribution >= 4 is 40.0 Å². The number of amides is 2. The van der Waals surface area contributed by atoms with E-state index in [4.69, 9.17) is 11.6 Å². The summed E-state index contributed by atoms with van der Waals surface area (Å²) in [5.74, 6) is 0.361. The van der Waals surface area contributed by atoms with Crippen LogP contribution in [0.25, 0.3) is 33.7 Å². The predicted molar refractivity (Wildman–Crippen MR) is 128 cm³/mol. The molecule has 7 nitrogen and oxygen atoms in total. The van der Waals surface area contributed by atoms with E-state index in [2.05, 4.69) is 25.6 Å². The number of halogens is 4. The summed E-state index contributed by atoms with van der Waals surface area (Å²) in [7, 11) is 0. The molecule has 0 spiro atoms. The van der Waals surface area contributed by atoms with E-state index in [-0.39, 0.29) is 16.3 Å². The summed E-state index contributed by atoms with van der Waals surface area (Å²) in [5.41, 5.74) is 1.79. The van der Waals surface area contributed by atoms with E-state index in [0.717, 1.165) is 18.2 Å². The Morgan fingerprint density at radius 2 is 1.74 bits per heavy atom. The summed E-state index contributed by atoms with van der Waals surface area (Å²) in [4.78, 5) is 35.4. The molecule has 4 N–H and O–H groups in total. The number of carbonyl (C=O) groups excluding carboxylic acids is 1. The first-order chi connectivity index (χ1) is 16.7. The Morgan fingerprint density at radius 3 is 2.54 bits per heavy atom. The molecule has 1 aromatic heterocycles. The smallest absolute Gasteiger partial charge is 0.338 e. The number of alkyl halides is 3. The molecule has 2 heterocycles. The fraction of sp³-hybridized carbons (Fsp3) is 0.0417. The molecule has 3 aromatic rings. The van der Waals surface area contributed by atoms with E-state index in [9.17, 15) is 22.8 Å². The third-order valence-electron chi connectivity index (χ3n) is 5.30. The van der Waals surface area contributed by atoms with Gasteiger partial charge in [0, 0.05) is 16.9 Å². The van der Waals surface area contributed by atoms with Crippen molar-refractivity contribution in [1.29, 1.82) is 0 Å². The van der Waals surface area contributed by atoms with Gasteiger partial charge in [-0.15, -0.1) is 0 Å². The molecule has 176 valence electrons. The minimum atomic E-state index is -4.58. The lowest BCUT2D eigenvalue weighted by Crippen LogP contribution is -2.20. The first-order valence-electron chi connectivity index (χ1n) is 10.2. The summed E-state index contributed by atoms with van der Waals surface area (Å²) in [6, 6.07) is 15.8. The van der Waals surface area contributed by atoms with Gasteiger partial charge in [0.2, 0.25) is 0 Å². The molecule has 2 aromatic carbocycles. The standard InChI is InChI=1S/C24H15ClF3N5O2/c25-15-8-6-12(24(26,27)28)10-18(15)33-23(35)29-13-7-9-17-19(11-13)31-21(30-17)20-14-4-2-1-3-5-16(14)32-22(20)34/h1-11H,(H,30,31)(H,32,34)(H2,29,33,35). The molecular formula is C24H15ClF3N5O2. The number of nitrogens with zero attached hydrogens (tertiary/aromatic N) is 1. The lowest BCUT2D eigenvalue weighted by Gasteiger charge is -2.12. The number of imidazole rings is 1. The summed E-state index contributed by atoms with van der Waals surface area (Å²) >= 11 is 5.93. The molecule has 0 saturated heterocycles. The van der Waals surface area contributed by atoms with Crippen LogP contribution in [-0.4, -0.2) is 21.0 Å². The highest BCUT2D eigenvalue weighted by atomic mass is 35.5. The quantitative estimate of drug-likeness (QED) is 0.234. The van der Waals surface area contributed by atoms with E-state index in [1.54, 1.807) is 24.3 Å². The Kier molecular flexibility index (Phi) is 5.45. The first kappa shape index (κ1) is 22.5. The molecule has 35 heavy (non-hydrogen) atoms. The largest absolute Gasteiger partial charge is 0.416 e. The second-order valence-electron chi connectivity index (χ2n) is 7.66. The Balaban J connectivity index is 1.40. The van der Waals surface area contributed by atoms with Crippen LogP contribution in [0.15, 0.2) is 71.5 Å². The van der Waals surface area contributed by atoms with Gasteiger partial charge in [-0.3, -0.25) is 4.79 Å². The molecule has 0 atom stereocenters. The molecule has 0 radical (unpaired) electrons. The fourth-order valence-electron chi connectivity index (χ4n) is 3.70. The van der Waals surface area contributed by atoms with Crippen LogP contribution in [0, 0.1) is 0 Å². The number of urea groups is 1. The zero-order valence-corrected chi connectivity index (χ0v) is 18.4. The van der Waals surface area contributed by atoms with Crippen LogP contribution in [0.2, 0.25) is 5.02 Å². The Labute approximate surface area is 200 Å². The van der Waals surface area contributed by atoms with Gasteiger partial charge in [-0.25, -0.2) is 9.78 Å². The summed E-state index contributed by atoms with van der Waals surface area (Å²) < 4.78 is 38.9. The van der Waals surface area contributed by atoms with Crippen LogP contribution in [-0.2, 0) is 6.18 Å². The van der Waals surface area contributed by atoms with Crippen LogP contribution in [0.4, 0.5) is 29.3 Å². The van der Waals surface area contributed by atoms with Gasteiger partial charge < -0.3 is 20.6 Å². The highest BCUT2D eigenvalue weighted by molar-refractivity contribution is 6.33. The SMILES string of the molecule is O=C(Nc1ccc2[nH]c(-c3c4cccccc-4[nH]c3=O)nc2c1)Nc1cc(C(F)(F)F)ccc1Cl. The van der Waals surface area contributed by atoms with E-state index in [1.165, 1.54) is 0 Å². The minimum Gasteiger partial charge on any atom is -0.338 e. The molecule has 1 aliphatic heterocycles. The number of aromatic amines is 2. The van der Waals surface area contributed by atoms with Gasteiger partial charge in [0.1, 0.15) is 5.82 Å². The highest BCUT2D eigenvalue weighted by Gasteiger charge is 2.31. The number of anilines is 2. The molecule has 2 amide bonds. The van der Waals surface area contributed by atoms with Gasteiger partial charge in [-0.2, -0.15) is 13.2 Å². The van der Waals surface area contributed by atoms with Gasteiger partial charge >= 0.3 is 12.2 Å². The molecule has 5 rings (SSSR count). The van der Waals surface area contributed by atoms with Crippen molar-refractivity contribution in [3.05, 3.63) is 87.7 Å². The predicted octanol–water partition coefficient (Wildman–Crippen LogP) is 6.34. The van der Waals surface area contributed by atoms with Crippen LogP contribution in [0.5, 0.6) is 0 Å². The number of fused-ring (bicyclic) bond motifs is 2. The summed E-state index contributed by atoms with van der Waals surface area (Å²) in [5, 5.41) is 4.83. The first-order valence-corrected chi connectivity index (χ1v) is 10.6. The second-order valence-corrected chi connectivity index (χ2v) is 8.06. The maximum Gasteiger partial charge on any atom is 0.416 e. The maximum atomic E-state index is 13.0. The van der Waals surface area contributed by atoms with E-state index in [0.29, 0.717) is 39.4 Å². The van der Waals surface area contributed by atoms with Crippen LogP contribution in [0.1, 0.15) is 5.56 Å². The lowest BCUT2D eigenvalue weighted by molar-refractivity contribution is -0.137. The topological polar surface area (TPSA) is 103 Å². The second kappa shape index (κ2) is 8.48. The third-order valence-corrected chi connectivity index (χ3v) is 5.63. The van der Waals surface area contributed by atoms with Crippen LogP contribution >= 0.6 is 11.6 Å². The Hall–Kier alpha value is -4.31. The van der Waals surface area contributed by atoms with Crippen molar-refractivity contribution < 1.29 is 18.0 Å². The van der Waals surface area contributed by atoms with E-state index in [1.807, 2.05) is 24.3 Å². The van der Waals surface area contributed by atoms with Crippen molar-refractivity contribution in [3.63, 3.8) is 0 Å². The lowest BCUT2D eigenvalue weighted by atomic mass is 10.1. The van der Waals surface area contributed by atoms with Crippen LogP contribution < -0.4 is 16.2 Å². The van der Waals surface area contributed by atoms with Crippen molar-refractivity contribution in [3.8, 4) is 22.6 Å². The van der Waals surface area contributed by atoms with Crippen molar-refractivity contribution in [1.82, 2.24) is 15.0 Å². The van der Waals surface area contributed by atoms with Gasteiger partial charge in [0.15, 0.2) is 0 Å². The maximum absolute atomic E-state index is 13.0. The number of nitrogens with one attached hydrogen (secondary N) is 4. The van der Waals surface area contributed by atoms with E-state index >= 15 is 0 Å². The number of carbonyl (C=O) groups is 1. The highest BCUT2D eigenvalue weighted by Crippen LogP contribution is 2.34. The molecule has 2 aliphatic rings. The Morgan fingerprint density at radius 1 is 0.943 bits per heavy atom. The van der Waals surface area contributed by atoms with Gasteiger partial charge in [0.05, 0.1) is 32.9 Å². The number of H-pyrrole nitrogens is 2. The van der Waals surface area contributed by atoms with Crippen LogP contribution in [0.3, 0.4) is 0 Å². The summed E-state index contributed by atoms with van der Waals surface area (Å²) in [6.07, 6.45) is -4.58. The monoisotopic (exact) mass is 497 g/mol. The molecule has 0 unspecified atom stereocenters. The molecule has 0 fully saturated rings. The average molecular weight is 498 g/mol. The van der Waals surface area contributed by atoms with Gasteiger partial charge in [-0.1, -0.05) is 35.9 Å². The van der Waals surface area contributed by atoms with Crippen molar-refractivity contribution in [2.45, 2.75) is 6.18 Å². The minimum absolute atomic E-state index is 0.0407. The zero-order valence-electron chi connectivity index (χ0n) is 17.6. The van der Waals surface area contributed by atoms with Gasteiger partial charge in [-0.05, 0) is 42.5 Å². The number of aromatic nitrogens is 3. The normalized spacial score (nSPS) is 11.7. The van der Waals surface area contributed by atoms with Crippen molar-refractivity contribution in [2.24, 2.45) is 0 Å². The molecule has 1 aliphatic carbocycles. The number of benzene rings is 2. The molecular weight excluding hydrogens is 483 g/mol. The fourth-order valence-corrected chi connectivity index (χ4v) is 3.87. The molecule has 0 saturated carbocycles.